The van der Waals surface area contributed by atoms with Crippen LogP contribution in [0.15, 0.2) is 65.2 Å². The lowest BCUT2D eigenvalue weighted by atomic mass is 9.67. The zero-order chi connectivity index (χ0) is 26.1. The van der Waals surface area contributed by atoms with Gasteiger partial charge in [-0.05, 0) is 91.0 Å². The molecule has 188 valence electrons. The maximum absolute atomic E-state index is 7.04. The molecule has 0 fully saturated rings. The van der Waals surface area contributed by atoms with Gasteiger partial charge in [0.05, 0.1) is 5.69 Å². The predicted octanol–water partition coefficient (Wildman–Crippen LogP) is 9.93. The third-order valence-electron chi connectivity index (χ3n) is 8.37. The average molecular weight is 488 g/mol. The molecule has 0 aliphatic heterocycles. The quantitative estimate of drug-likeness (QED) is 0.246. The van der Waals surface area contributed by atoms with E-state index >= 15 is 0 Å². The van der Waals surface area contributed by atoms with Gasteiger partial charge in [0.25, 0.3) is 0 Å². The number of aromatic nitrogens is 1. The molecule has 0 bridgehead atoms. The van der Waals surface area contributed by atoms with Gasteiger partial charge in [-0.2, -0.15) is 0 Å². The summed E-state index contributed by atoms with van der Waals surface area (Å²) in [5.74, 6) is 1.13. The van der Waals surface area contributed by atoms with Gasteiger partial charge in [0, 0.05) is 33.5 Å². The molecule has 0 unspecified atom stereocenters. The van der Waals surface area contributed by atoms with Gasteiger partial charge in [0.1, 0.15) is 11.2 Å². The molecule has 5 aromatic rings. The molecule has 1 aliphatic carbocycles. The highest BCUT2D eigenvalue weighted by molar-refractivity contribution is 6.12. The normalized spacial score (nSPS) is 14.2. The molecule has 2 heteroatoms. The molecule has 2 aromatic heterocycles. The highest BCUT2D eigenvalue weighted by Gasteiger charge is 2.46. The second kappa shape index (κ2) is 8.58. The number of pyridine rings is 1. The van der Waals surface area contributed by atoms with Crippen LogP contribution >= 0.6 is 0 Å². The maximum atomic E-state index is 7.04. The SMILES string of the molecule is Cc1cnc(-c2c(C)ccc3c2oc2c4c(ccc23)-c2ccccc2C4(CC(C)C)CC(C)C)cc1C. The predicted molar refractivity (Wildman–Crippen MR) is 156 cm³/mol. The number of fused-ring (bicyclic) bond motifs is 7. The van der Waals surface area contributed by atoms with Gasteiger partial charge in [0.2, 0.25) is 0 Å². The van der Waals surface area contributed by atoms with E-state index in [1.807, 2.05) is 6.20 Å². The van der Waals surface area contributed by atoms with Crippen molar-refractivity contribution in [3.8, 4) is 22.4 Å². The molecule has 0 atom stereocenters. The largest absolute Gasteiger partial charge is 0.455 e. The standard InChI is InChI=1S/C35H37NO/c1-20(2)17-35(18-21(3)4)29-11-9-8-10-25(29)26-14-15-28-27-13-12-22(5)31(33(27)37-34(28)32(26)35)30-16-23(6)24(7)19-36-30/h8-16,19-21H,17-18H2,1-7H3. The number of hydrogen-bond acceptors (Lipinski definition) is 2. The molecule has 0 spiro atoms. The Balaban J connectivity index is 1.72. The molecule has 0 radical (unpaired) electrons. The average Bonchev–Trinajstić information content (AvgIpc) is 3.34. The number of hydrogen-bond donors (Lipinski definition) is 0. The van der Waals surface area contributed by atoms with E-state index in [9.17, 15) is 0 Å². The Bertz CT molecular complexity index is 1660. The van der Waals surface area contributed by atoms with E-state index in [1.54, 1.807) is 0 Å². The first-order valence-corrected chi connectivity index (χ1v) is 13.7. The Hall–Kier alpha value is -3.39. The first kappa shape index (κ1) is 24.0. The van der Waals surface area contributed by atoms with E-state index in [-0.39, 0.29) is 5.41 Å². The van der Waals surface area contributed by atoms with Crippen molar-refractivity contribution in [2.75, 3.05) is 0 Å². The summed E-state index contributed by atoms with van der Waals surface area (Å²) in [7, 11) is 0. The van der Waals surface area contributed by atoms with Crippen LogP contribution in [0.25, 0.3) is 44.3 Å². The first-order chi connectivity index (χ1) is 17.7. The molecule has 0 saturated heterocycles. The molecule has 2 heterocycles. The summed E-state index contributed by atoms with van der Waals surface area (Å²) in [4.78, 5) is 4.84. The van der Waals surface area contributed by atoms with E-state index < -0.39 is 0 Å². The van der Waals surface area contributed by atoms with Gasteiger partial charge < -0.3 is 4.42 Å². The Morgan fingerprint density at radius 2 is 1.41 bits per heavy atom. The molecule has 3 aromatic carbocycles. The first-order valence-electron chi connectivity index (χ1n) is 13.7. The Kier molecular flexibility index (Phi) is 5.56. The van der Waals surface area contributed by atoms with Gasteiger partial charge in [-0.25, -0.2) is 0 Å². The van der Waals surface area contributed by atoms with Crippen molar-refractivity contribution in [3.63, 3.8) is 0 Å². The molecule has 37 heavy (non-hydrogen) atoms. The van der Waals surface area contributed by atoms with Crippen LogP contribution in [-0.2, 0) is 5.41 Å². The number of benzene rings is 3. The van der Waals surface area contributed by atoms with Gasteiger partial charge in [-0.15, -0.1) is 0 Å². The van der Waals surface area contributed by atoms with Crippen LogP contribution in [0, 0.1) is 32.6 Å². The number of nitrogens with zero attached hydrogens (tertiary/aromatic N) is 1. The smallest absolute Gasteiger partial charge is 0.145 e. The summed E-state index contributed by atoms with van der Waals surface area (Å²) >= 11 is 0. The van der Waals surface area contributed by atoms with Crippen LogP contribution in [0.4, 0.5) is 0 Å². The van der Waals surface area contributed by atoms with Crippen LogP contribution in [0.2, 0.25) is 0 Å². The topological polar surface area (TPSA) is 26.0 Å². The molecular formula is C35H37NO. The maximum Gasteiger partial charge on any atom is 0.145 e. The molecule has 6 rings (SSSR count). The third-order valence-corrected chi connectivity index (χ3v) is 8.37. The number of rotatable bonds is 5. The highest BCUT2D eigenvalue weighted by atomic mass is 16.3. The zero-order valence-corrected chi connectivity index (χ0v) is 23.2. The molecule has 0 amide bonds. The van der Waals surface area contributed by atoms with Crippen molar-refractivity contribution in [1.29, 1.82) is 0 Å². The zero-order valence-electron chi connectivity index (χ0n) is 23.2. The Labute approximate surface area is 220 Å². The molecule has 0 saturated carbocycles. The van der Waals surface area contributed by atoms with Gasteiger partial charge in [0.15, 0.2) is 0 Å². The van der Waals surface area contributed by atoms with Crippen LogP contribution in [0.3, 0.4) is 0 Å². The summed E-state index contributed by atoms with van der Waals surface area (Å²) in [5, 5.41) is 2.39. The van der Waals surface area contributed by atoms with E-state index in [0.29, 0.717) is 11.8 Å². The van der Waals surface area contributed by atoms with Crippen molar-refractivity contribution in [2.24, 2.45) is 11.8 Å². The lowest BCUT2D eigenvalue weighted by Crippen LogP contribution is -2.29. The fourth-order valence-electron chi connectivity index (χ4n) is 6.95. The minimum absolute atomic E-state index is 0.0600. The summed E-state index contributed by atoms with van der Waals surface area (Å²) in [6.45, 7) is 15.9. The minimum atomic E-state index is -0.0600. The van der Waals surface area contributed by atoms with E-state index in [1.165, 1.54) is 49.7 Å². The van der Waals surface area contributed by atoms with Crippen LogP contribution in [0.5, 0.6) is 0 Å². The monoisotopic (exact) mass is 487 g/mol. The van der Waals surface area contributed by atoms with Crippen LogP contribution in [0.1, 0.15) is 68.4 Å². The second-order valence-corrected chi connectivity index (χ2v) is 12.1. The minimum Gasteiger partial charge on any atom is -0.455 e. The van der Waals surface area contributed by atoms with Crippen LogP contribution < -0.4 is 0 Å². The van der Waals surface area contributed by atoms with Crippen molar-refractivity contribution in [3.05, 3.63) is 88.6 Å². The Morgan fingerprint density at radius 1 is 0.730 bits per heavy atom. The summed E-state index contributed by atoms with van der Waals surface area (Å²) in [6, 6.07) is 20.4. The second-order valence-electron chi connectivity index (χ2n) is 12.1. The third kappa shape index (κ3) is 3.56. The highest BCUT2D eigenvalue weighted by Crippen LogP contribution is 2.58. The molecular weight excluding hydrogens is 450 g/mol. The number of furan rings is 1. The fraction of sp³-hybridized carbons (Fsp3) is 0.343. The Morgan fingerprint density at radius 3 is 2.11 bits per heavy atom. The van der Waals surface area contributed by atoms with Crippen molar-refractivity contribution in [2.45, 2.75) is 66.7 Å². The molecule has 2 nitrogen and oxygen atoms in total. The van der Waals surface area contributed by atoms with Crippen molar-refractivity contribution < 1.29 is 4.42 Å². The summed E-state index contributed by atoms with van der Waals surface area (Å²) in [6.07, 6.45) is 4.20. The van der Waals surface area contributed by atoms with E-state index in [4.69, 9.17) is 9.40 Å². The van der Waals surface area contributed by atoms with E-state index in [2.05, 4.69) is 103 Å². The van der Waals surface area contributed by atoms with Gasteiger partial charge >= 0.3 is 0 Å². The van der Waals surface area contributed by atoms with E-state index in [0.717, 1.165) is 35.3 Å². The van der Waals surface area contributed by atoms with Gasteiger partial charge in [-0.3, -0.25) is 4.98 Å². The van der Waals surface area contributed by atoms with Crippen molar-refractivity contribution in [1.82, 2.24) is 4.98 Å². The van der Waals surface area contributed by atoms with Crippen molar-refractivity contribution >= 4 is 21.9 Å². The summed E-state index contributed by atoms with van der Waals surface area (Å²) in [5.41, 5.74) is 13.3. The molecule has 0 N–H and O–H groups in total. The fourth-order valence-corrected chi connectivity index (χ4v) is 6.95. The number of aryl methyl sites for hydroxylation is 3. The van der Waals surface area contributed by atoms with Gasteiger partial charge in [-0.1, -0.05) is 70.2 Å². The lowest BCUT2D eigenvalue weighted by Gasteiger charge is -2.35. The lowest BCUT2D eigenvalue weighted by molar-refractivity contribution is 0.337. The summed E-state index contributed by atoms with van der Waals surface area (Å²) < 4.78 is 7.04. The van der Waals surface area contributed by atoms with Crippen LogP contribution in [-0.4, -0.2) is 4.98 Å². The molecule has 1 aliphatic rings.